The number of hydrogen-bond acceptors (Lipinski definition) is 2. The molecule has 10 heavy (non-hydrogen) atoms. The summed E-state index contributed by atoms with van der Waals surface area (Å²) in [6.45, 7) is 0. The van der Waals surface area contributed by atoms with Gasteiger partial charge in [0.05, 0.1) is 5.69 Å². The van der Waals surface area contributed by atoms with E-state index >= 15 is 0 Å². The molecule has 0 atom stereocenters. The minimum absolute atomic E-state index is 0.299. The minimum atomic E-state index is -0.299. The molecule has 0 radical (unpaired) electrons. The average molecular weight is 139 g/mol. The maximum atomic E-state index is 10.6. The summed E-state index contributed by atoms with van der Waals surface area (Å²) in [5, 5.41) is 0. The molecule has 0 bridgehead atoms. The van der Waals surface area contributed by atoms with Gasteiger partial charge in [-0.05, 0) is 19.3 Å². The van der Waals surface area contributed by atoms with Crippen LogP contribution in [0.2, 0.25) is 0 Å². The number of hydrogen-bond donors (Lipinski definition) is 1. The van der Waals surface area contributed by atoms with E-state index in [-0.39, 0.29) is 5.76 Å². The summed E-state index contributed by atoms with van der Waals surface area (Å²) in [5.41, 5.74) is 1.01. The van der Waals surface area contributed by atoms with E-state index in [0.717, 1.165) is 30.7 Å². The molecule has 0 unspecified atom stereocenters. The third-order valence-corrected chi connectivity index (χ3v) is 1.89. The summed E-state index contributed by atoms with van der Waals surface area (Å²) in [4.78, 5) is 13.3. The number of oxazole rings is 1. The van der Waals surface area contributed by atoms with Crippen molar-refractivity contribution in [2.75, 3.05) is 0 Å². The van der Waals surface area contributed by atoms with Gasteiger partial charge in [0.1, 0.15) is 5.76 Å². The first-order chi connectivity index (χ1) is 4.86. The van der Waals surface area contributed by atoms with Crippen LogP contribution in [0.1, 0.15) is 24.3 Å². The number of aryl methyl sites for hydroxylation is 2. The monoisotopic (exact) mass is 139 g/mol. The Labute approximate surface area is 58.1 Å². The third kappa shape index (κ3) is 0.781. The topological polar surface area (TPSA) is 46.0 Å². The quantitative estimate of drug-likeness (QED) is 0.579. The Morgan fingerprint density at radius 1 is 1.30 bits per heavy atom. The highest BCUT2D eigenvalue weighted by Crippen LogP contribution is 2.16. The first-order valence-electron chi connectivity index (χ1n) is 3.57. The number of fused-ring (bicyclic) bond motifs is 1. The first-order valence-corrected chi connectivity index (χ1v) is 3.57. The van der Waals surface area contributed by atoms with Crippen LogP contribution < -0.4 is 5.76 Å². The highest BCUT2D eigenvalue weighted by Gasteiger charge is 2.13. The summed E-state index contributed by atoms with van der Waals surface area (Å²) in [7, 11) is 0. The molecular weight excluding hydrogens is 130 g/mol. The second-order valence-electron chi connectivity index (χ2n) is 2.62. The highest BCUT2D eigenvalue weighted by atomic mass is 16.4. The summed E-state index contributed by atoms with van der Waals surface area (Å²) >= 11 is 0. The van der Waals surface area contributed by atoms with Gasteiger partial charge >= 0.3 is 5.76 Å². The minimum Gasteiger partial charge on any atom is -0.413 e. The van der Waals surface area contributed by atoms with Gasteiger partial charge in [-0.15, -0.1) is 0 Å². The Bertz CT molecular complexity index is 258. The fourth-order valence-corrected chi connectivity index (χ4v) is 1.38. The van der Waals surface area contributed by atoms with Crippen molar-refractivity contribution in [2.24, 2.45) is 0 Å². The van der Waals surface area contributed by atoms with Gasteiger partial charge in [-0.1, -0.05) is 0 Å². The standard InChI is InChI=1S/C7H9NO2/c9-7-8-5-3-1-2-4-6(5)10-7/h1-4H2,(H,8,9). The molecule has 3 nitrogen and oxygen atoms in total. The van der Waals surface area contributed by atoms with Gasteiger partial charge < -0.3 is 4.42 Å². The number of aromatic nitrogens is 1. The normalized spacial score (nSPS) is 16.8. The third-order valence-electron chi connectivity index (χ3n) is 1.89. The lowest BCUT2D eigenvalue weighted by molar-refractivity contribution is 0.450. The molecule has 54 valence electrons. The molecule has 1 heterocycles. The number of aromatic amines is 1. The smallest absolute Gasteiger partial charge is 0.413 e. The lowest BCUT2D eigenvalue weighted by Crippen LogP contribution is -2.00. The summed E-state index contributed by atoms with van der Waals surface area (Å²) < 4.78 is 4.89. The molecule has 1 aromatic heterocycles. The number of H-pyrrole nitrogens is 1. The van der Waals surface area contributed by atoms with Crippen LogP contribution in [0.5, 0.6) is 0 Å². The van der Waals surface area contributed by atoms with Gasteiger partial charge in [0, 0.05) is 6.42 Å². The zero-order valence-electron chi connectivity index (χ0n) is 5.64. The summed E-state index contributed by atoms with van der Waals surface area (Å²) in [6, 6.07) is 0. The van der Waals surface area contributed by atoms with E-state index in [1.807, 2.05) is 0 Å². The fraction of sp³-hybridized carbons (Fsp3) is 0.571. The van der Waals surface area contributed by atoms with E-state index in [2.05, 4.69) is 4.98 Å². The number of nitrogens with one attached hydrogen (secondary N) is 1. The van der Waals surface area contributed by atoms with Gasteiger partial charge in [-0.3, -0.25) is 4.98 Å². The Kier molecular flexibility index (Phi) is 1.16. The molecule has 0 fully saturated rings. The zero-order chi connectivity index (χ0) is 6.97. The zero-order valence-corrected chi connectivity index (χ0v) is 5.64. The molecule has 2 rings (SSSR count). The van der Waals surface area contributed by atoms with Crippen LogP contribution in [-0.2, 0) is 12.8 Å². The molecule has 1 N–H and O–H groups in total. The second-order valence-corrected chi connectivity index (χ2v) is 2.62. The molecule has 3 heteroatoms. The molecule has 0 aromatic carbocycles. The Hall–Kier alpha value is -0.990. The van der Waals surface area contributed by atoms with Crippen LogP contribution in [0.15, 0.2) is 9.21 Å². The van der Waals surface area contributed by atoms with E-state index in [1.54, 1.807) is 0 Å². The lowest BCUT2D eigenvalue weighted by Gasteiger charge is -2.05. The van der Waals surface area contributed by atoms with Crippen LogP contribution in [-0.4, -0.2) is 4.98 Å². The van der Waals surface area contributed by atoms with E-state index in [9.17, 15) is 4.79 Å². The molecular formula is C7H9NO2. The van der Waals surface area contributed by atoms with Gasteiger partial charge in [0.2, 0.25) is 0 Å². The predicted molar refractivity (Wildman–Crippen MR) is 36.0 cm³/mol. The van der Waals surface area contributed by atoms with E-state index < -0.39 is 0 Å². The average Bonchev–Trinajstić information content (AvgIpc) is 2.27. The maximum Gasteiger partial charge on any atom is 0.416 e. The van der Waals surface area contributed by atoms with Gasteiger partial charge in [-0.2, -0.15) is 0 Å². The maximum absolute atomic E-state index is 10.6. The van der Waals surface area contributed by atoms with Crippen molar-refractivity contribution >= 4 is 0 Å². The predicted octanol–water partition coefficient (Wildman–Crippen LogP) is 0.847. The van der Waals surface area contributed by atoms with E-state index in [0.29, 0.717) is 0 Å². The molecule has 0 saturated heterocycles. The molecule has 0 aliphatic heterocycles. The molecule has 0 spiro atoms. The van der Waals surface area contributed by atoms with Gasteiger partial charge in [0.25, 0.3) is 0 Å². The van der Waals surface area contributed by atoms with Crippen molar-refractivity contribution in [2.45, 2.75) is 25.7 Å². The Morgan fingerprint density at radius 2 is 2.10 bits per heavy atom. The molecule has 0 saturated carbocycles. The van der Waals surface area contributed by atoms with Gasteiger partial charge in [0.15, 0.2) is 0 Å². The Balaban J connectivity index is 2.50. The summed E-state index contributed by atoms with van der Waals surface area (Å²) in [5.74, 6) is 0.572. The lowest BCUT2D eigenvalue weighted by atomic mass is 10.0. The van der Waals surface area contributed by atoms with Crippen molar-refractivity contribution in [3.05, 3.63) is 22.0 Å². The van der Waals surface area contributed by atoms with Crippen molar-refractivity contribution in [3.63, 3.8) is 0 Å². The summed E-state index contributed by atoms with van der Waals surface area (Å²) in [6.07, 6.45) is 4.21. The number of rotatable bonds is 0. The van der Waals surface area contributed by atoms with Crippen molar-refractivity contribution < 1.29 is 4.42 Å². The largest absolute Gasteiger partial charge is 0.416 e. The van der Waals surface area contributed by atoms with Crippen molar-refractivity contribution in [1.29, 1.82) is 0 Å². The van der Waals surface area contributed by atoms with Crippen LogP contribution in [0.25, 0.3) is 0 Å². The van der Waals surface area contributed by atoms with Crippen molar-refractivity contribution in [3.8, 4) is 0 Å². The van der Waals surface area contributed by atoms with Crippen LogP contribution in [0.4, 0.5) is 0 Å². The van der Waals surface area contributed by atoms with E-state index in [1.165, 1.54) is 6.42 Å². The Morgan fingerprint density at radius 3 is 2.90 bits per heavy atom. The van der Waals surface area contributed by atoms with Crippen LogP contribution in [0, 0.1) is 0 Å². The second kappa shape index (κ2) is 2.01. The van der Waals surface area contributed by atoms with Crippen LogP contribution >= 0.6 is 0 Å². The fourth-order valence-electron chi connectivity index (χ4n) is 1.38. The molecule has 1 aliphatic rings. The molecule has 1 aromatic rings. The highest BCUT2D eigenvalue weighted by molar-refractivity contribution is 5.10. The van der Waals surface area contributed by atoms with E-state index in [4.69, 9.17) is 4.42 Å². The SMILES string of the molecule is O=c1[nH]c2c(o1)CCCC2. The molecule has 0 amide bonds. The van der Waals surface area contributed by atoms with Crippen LogP contribution in [0.3, 0.4) is 0 Å². The van der Waals surface area contributed by atoms with Crippen molar-refractivity contribution in [1.82, 2.24) is 4.98 Å². The molecule has 1 aliphatic carbocycles. The van der Waals surface area contributed by atoms with Gasteiger partial charge in [-0.25, -0.2) is 4.79 Å². The first kappa shape index (κ1) is 5.77.